The molecule has 0 spiro atoms. The van der Waals surface area contributed by atoms with Crippen LogP contribution in [0.3, 0.4) is 0 Å². The van der Waals surface area contributed by atoms with Crippen LogP contribution in [0.25, 0.3) is 0 Å². The zero-order valence-corrected chi connectivity index (χ0v) is 8.43. The van der Waals surface area contributed by atoms with Gasteiger partial charge in [-0.05, 0) is 18.6 Å². The van der Waals surface area contributed by atoms with E-state index < -0.39 is 5.92 Å². The molecule has 0 aliphatic carbocycles. The van der Waals surface area contributed by atoms with E-state index >= 15 is 0 Å². The Morgan fingerprint density at radius 2 is 2.27 bits per heavy atom. The quantitative estimate of drug-likeness (QED) is 0.739. The molecule has 78 valence electrons. The zero-order valence-electron chi connectivity index (χ0n) is 8.43. The van der Waals surface area contributed by atoms with Crippen LogP contribution in [0.1, 0.15) is 18.4 Å². The molecule has 0 saturated heterocycles. The Morgan fingerprint density at radius 1 is 1.53 bits per heavy atom. The fourth-order valence-electron chi connectivity index (χ4n) is 1.67. The topological polar surface area (TPSA) is 64.7 Å². The summed E-state index contributed by atoms with van der Waals surface area (Å²) < 4.78 is 4.95. The number of hydrogen-bond acceptors (Lipinski definition) is 4. The maximum Gasteiger partial charge on any atom is 0.321 e. The van der Waals surface area contributed by atoms with E-state index in [2.05, 4.69) is 4.99 Å². The van der Waals surface area contributed by atoms with E-state index in [-0.39, 0.29) is 5.97 Å². The standard InChI is InChI=1S/C11H12N2O2/c1-2-15-11(14)9-7-5-3-4-6-8(7)13-10(9)12/h3-6,9H,2H2,1H3,(H2,12,13). The highest BCUT2D eigenvalue weighted by molar-refractivity contribution is 6.10. The van der Waals surface area contributed by atoms with Crippen LogP contribution in [-0.4, -0.2) is 18.4 Å². The van der Waals surface area contributed by atoms with E-state index in [1.165, 1.54) is 0 Å². The second-order valence-corrected chi connectivity index (χ2v) is 3.28. The van der Waals surface area contributed by atoms with Gasteiger partial charge in [0.05, 0.1) is 12.3 Å². The summed E-state index contributed by atoms with van der Waals surface area (Å²) in [7, 11) is 0. The van der Waals surface area contributed by atoms with Crippen molar-refractivity contribution in [2.75, 3.05) is 6.61 Å². The molecule has 4 heteroatoms. The first kappa shape index (κ1) is 9.71. The Hall–Kier alpha value is -1.84. The molecule has 2 rings (SSSR count). The molecule has 0 bridgehead atoms. The van der Waals surface area contributed by atoms with Crippen molar-refractivity contribution < 1.29 is 9.53 Å². The highest BCUT2D eigenvalue weighted by atomic mass is 16.5. The minimum absolute atomic E-state index is 0.314. The van der Waals surface area contributed by atoms with Gasteiger partial charge < -0.3 is 10.5 Å². The fraction of sp³-hybridized carbons (Fsp3) is 0.273. The number of fused-ring (bicyclic) bond motifs is 1. The summed E-state index contributed by atoms with van der Waals surface area (Å²) >= 11 is 0. The predicted octanol–water partition coefficient (Wildman–Crippen LogP) is 1.34. The molecule has 2 N–H and O–H groups in total. The number of carbonyl (C=O) groups excluding carboxylic acids is 1. The minimum Gasteiger partial charge on any atom is -0.465 e. The number of ether oxygens (including phenoxy) is 1. The summed E-state index contributed by atoms with van der Waals surface area (Å²) in [6.07, 6.45) is 0. The van der Waals surface area contributed by atoms with Crippen LogP contribution in [0.15, 0.2) is 29.3 Å². The molecule has 1 heterocycles. The van der Waals surface area contributed by atoms with Crippen molar-refractivity contribution in [2.45, 2.75) is 12.8 Å². The van der Waals surface area contributed by atoms with Crippen LogP contribution in [0, 0.1) is 0 Å². The Morgan fingerprint density at radius 3 is 3.00 bits per heavy atom. The van der Waals surface area contributed by atoms with E-state index in [0.717, 1.165) is 11.3 Å². The van der Waals surface area contributed by atoms with Crippen LogP contribution in [0.4, 0.5) is 5.69 Å². The Kier molecular flexibility index (Phi) is 2.41. The maximum atomic E-state index is 11.6. The lowest BCUT2D eigenvalue weighted by molar-refractivity contribution is -0.143. The lowest BCUT2D eigenvalue weighted by Gasteiger charge is -2.10. The first-order valence-electron chi connectivity index (χ1n) is 4.83. The lowest BCUT2D eigenvalue weighted by Crippen LogP contribution is -2.27. The number of benzene rings is 1. The molecule has 0 saturated carbocycles. The molecular weight excluding hydrogens is 192 g/mol. The molecule has 1 unspecified atom stereocenters. The second kappa shape index (κ2) is 3.73. The average molecular weight is 204 g/mol. The Balaban J connectivity index is 2.35. The molecule has 1 aliphatic heterocycles. The molecule has 1 aliphatic rings. The summed E-state index contributed by atoms with van der Waals surface area (Å²) in [6, 6.07) is 7.41. The summed E-state index contributed by atoms with van der Waals surface area (Å²) in [5, 5.41) is 0. The first-order valence-corrected chi connectivity index (χ1v) is 4.83. The number of rotatable bonds is 2. The molecule has 0 fully saturated rings. The number of hydrogen-bond donors (Lipinski definition) is 1. The molecule has 1 aromatic carbocycles. The van der Waals surface area contributed by atoms with Gasteiger partial charge in [-0.25, -0.2) is 4.99 Å². The van der Waals surface area contributed by atoms with Gasteiger partial charge in [-0.2, -0.15) is 0 Å². The van der Waals surface area contributed by atoms with Gasteiger partial charge in [0.1, 0.15) is 11.8 Å². The van der Waals surface area contributed by atoms with Gasteiger partial charge in [0.15, 0.2) is 0 Å². The normalized spacial score (nSPS) is 18.2. The van der Waals surface area contributed by atoms with Crippen molar-refractivity contribution >= 4 is 17.5 Å². The van der Waals surface area contributed by atoms with E-state index in [0.29, 0.717) is 12.4 Å². The number of esters is 1. The molecule has 1 aromatic rings. The third kappa shape index (κ3) is 1.58. The lowest BCUT2D eigenvalue weighted by atomic mass is 10.00. The van der Waals surface area contributed by atoms with Crippen LogP contribution >= 0.6 is 0 Å². The summed E-state index contributed by atoms with van der Waals surface area (Å²) in [4.78, 5) is 15.8. The van der Waals surface area contributed by atoms with Gasteiger partial charge in [-0.3, -0.25) is 4.79 Å². The highest BCUT2D eigenvalue weighted by Gasteiger charge is 2.32. The van der Waals surface area contributed by atoms with Gasteiger partial charge in [-0.1, -0.05) is 18.2 Å². The predicted molar refractivity (Wildman–Crippen MR) is 57.1 cm³/mol. The van der Waals surface area contributed by atoms with Crippen molar-refractivity contribution in [3.63, 3.8) is 0 Å². The second-order valence-electron chi connectivity index (χ2n) is 3.28. The Labute approximate surface area is 87.8 Å². The molecular formula is C11H12N2O2. The summed E-state index contributed by atoms with van der Waals surface area (Å²) in [6.45, 7) is 2.12. The molecule has 15 heavy (non-hydrogen) atoms. The number of carbonyl (C=O) groups is 1. The van der Waals surface area contributed by atoms with E-state index in [4.69, 9.17) is 10.5 Å². The van der Waals surface area contributed by atoms with Gasteiger partial charge in [-0.15, -0.1) is 0 Å². The summed E-state index contributed by atoms with van der Waals surface area (Å²) in [5.41, 5.74) is 7.29. The largest absolute Gasteiger partial charge is 0.465 e. The van der Waals surface area contributed by atoms with Crippen LogP contribution in [0.5, 0.6) is 0 Å². The van der Waals surface area contributed by atoms with Crippen LogP contribution in [0.2, 0.25) is 0 Å². The van der Waals surface area contributed by atoms with Crippen molar-refractivity contribution in [1.82, 2.24) is 0 Å². The fourth-order valence-corrected chi connectivity index (χ4v) is 1.67. The first-order chi connectivity index (χ1) is 7.24. The number of aliphatic imine (C=N–C) groups is 1. The summed E-state index contributed by atoms with van der Waals surface area (Å²) in [5.74, 6) is -0.542. The van der Waals surface area contributed by atoms with Crippen molar-refractivity contribution in [2.24, 2.45) is 10.7 Å². The average Bonchev–Trinajstić information content (AvgIpc) is 2.54. The zero-order chi connectivity index (χ0) is 10.8. The SMILES string of the molecule is CCOC(=O)C1C(N)=Nc2ccccc21. The maximum absolute atomic E-state index is 11.6. The Bertz CT molecular complexity index is 426. The molecule has 4 nitrogen and oxygen atoms in total. The highest BCUT2D eigenvalue weighted by Crippen LogP contribution is 2.34. The number of nitrogens with zero attached hydrogens (tertiary/aromatic N) is 1. The van der Waals surface area contributed by atoms with E-state index in [1.54, 1.807) is 6.92 Å². The van der Waals surface area contributed by atoms with Gasteiger partial charge in [0.25, 0.3) is 0 Å². The van der Waals surface area contributed by atoms with Gasteiger partial charge in [0, 0.05) is 0 Å². The molecule has 1 atom stereocenters. The van der Waals surface area contributed by atoms with Crippen LogP contribution < -0.4 is 5.73 Å². The number of para-hydroxylation sites is 1. The molecule has 0 amide bonds. The molecule has 0 radical (unpaired) electrons. The number of amidine groups is 1. The van der Waals surface area contributed by atoms with Gasteiger partial charge >= 0.3 is 5.97 Å². The van der Waals surface area contributed by atoms with E-state index in [1.807, 2.05) is 24.3 Å². The monoisotopic (exact) mass is 204 g/mol. The van der Waals surface area contributed by atoms with Crippen LogP contribution in [-0.2, 0) is 9.53 Å². The third-order valence-electron chi connectivity index (χ3n) is 2.32. The molecule has 0 aromatic heterocycles. The van der Waals surface area contributed by atoms with Crippen molar-refractivity contribution in [3.8, 4) is 0 Å². The van der Waals surface area contributed by atoms with Crippen molar-refractivity contribution in [3.05, 3.63) is 29.8 Å². The van der Waals surface area contributed by atoms with E-state index in [9.17, 15) is 4.79 Å². The van der Waals surface area contributed by atoms with Gasteiger partial charge in [0.2, 0.25) is 0 Å². The van der Waals surface area contributed by atoms with Crippen molar-refractivity contribution in [1.29, 1.82) is 0 Å². The third-order valence-corrected chi connectivity index (χ3v) is 2.32. The number of nitrogens with two attached hydrogens (primary N) is 1. The minimum atomic E-state index is -0.527. The smallest absolute Gasteiger partial charge is 0.321 e.